The molecule has 1 aliphatic rings. The van der Waals surface area contributed by atoms with Crippen molar-refractivity contribution in [2.45, 2.75) is 12.6 Å². The predicted molar refractivity (Wildman–Crippen MR) is 101 cm³/mol. The molecule has 1 aliphatic heterocycles. The quantitative estimate of drug-likeness (QED) is 0.717. The zero-order chi connectivity index (χ0) is 17.6. The van der Waals surface area contributed by atoms with Crippen molar-refractivity contribution in [1.82, 2.24) is 5.32 Å². The van der Waals surface area contributed by atoms with Crippen LogP contribution in [0.2, 0.25) is 0 Å². The summed E-state index contributed by atoms with van der Waals surface area (Å²) in [6, 6.07) is 25.7. The lowest BCUT2D eigenvalue weighted by Crippen LogP contribution is -2.38. The summed E-state index contributed by atoms with van der Waals surface area (Å²) in [6.45, 7) is 2.07. The van der Waals surface area contributed by atoms with Crippen molar-refractivity contribution >= 4 is 0 Å². The molecule has 0 radical (unpaired) electrons. The van der Waals surface area contributed by atoms with Crippen LogP contribution in [-0.2, 0) is 6.54 Å². The van der Waals surface area contributed by atoms with Crippen LogP contribution in [0, 0.1) is 0 Å². The molecule has 1 unspecified atom stereocenters. The van der Waals surface area contributed by atoms with E-state index in [0.717, 1.165) is 36.1 Å². The van der Waals surface area contributed by atoms with Crippen molar-refractivity contribution in [3.05, 3.63) is 84.4 Å². The van der Waals surface area contributed by atoms with Crippen LogP contribution in [0.25, 0.3) is 0 Å². The highest BCUT2D eigenvalue weighted by atomic mass is 16.6. The monoisotopic (exact) mass is 347 g/mol. The van der Waals surface area contributed by atoms with Crippen molar-refractivity contribution in [1.29, 1.82) is 0 Å². The number of nitrogens with one attached hydrogen (secondary N) is 1. The first-order valence-electron chi connectivity index (χ1n) is 8.78. The topological polar surface area (TPSA) is 39.7 Å². The first-order chi connectivity index (χ1) is 12.9. The van der Waals surface area contributed by atoms with Gasteiger partial charge in [-0.2, -0.15) is 0 Å². The smallest absolute Gasteiger partial charge is 0.161 e. The minimum Gasteiger partial charge on any atom is -0.486 e. The highest BCUT2D eigenvalue weighted by Crippen LogP contribution is 2.30. The first kappa shape index (κ1) is 16.5. The van der Waals surface area contributed by atoms with E-state index >= 15 is 0 Å². The Balaban J connectivity index is 1.25. The van der Waals surface area contributed by atoms with Gasteiger partial charge in [-0.3, -0.25) is 0 Å². The predicted octanol–water partition coefficient (Wildman–Crippen LogP) is 4.41. The van der Waals surface area contributed by atoms with Gasteiger partial charge in [0.2, 0.25) is 0 Å². The van der Waals surface area contributed by atoms with Crippen LogP contribution in [0.4, 0.5) is 0 Å². The van der Waals surface area contributed by atoms with Crippen LogP contribution >= 0.6 is 0 Å². The van der Waals surface area contributed by atoms with Crippen molar-refractivity contribution in [2.24, 2.45) is 0 Å². The van der Waals surface area contributed by atoms with Gasteiger partial charge in [0.25, 0.3) is 0 Å². The molecule has 0 saturated heterocycles. The van der Waals surface area contributed by atoms with Gasteiger partial charge in [-0.1, -0.05) is 42.5 Å². The molecule has 132 valence electrons. The molecule has 0 fully saturated rings. The molecule has 1 atom stereocenters. The molecule has 0 spiro atoms. The lowest BCUT2D eigenvalue weighted by molar-refractivity contribution is 0.0902. The number of ether oxygens (including phenoxy) is 3. The molecule has 3 aromatic rings. The summed E-state index contributed by atoms with van der Waals surface area (Å²) in [6.07, 6.45) is 0.0191. The largest absolute Gasteiger partial charge is 0.486 e. The maximum Gasteiger partial charge on any atom is 0.161 e. The van der Waals surface area contributed by atoms with E-state index in [1.54, 1.807) is 0 Å². The number of hydrogen-bond acceptors (Lipinski definition) is 4. The van der Waals surface area contributed by atoms with Gasteiger partial charge < -0.3 is 19.5 Å². The van der Waals surface area contributed by atoms with Gasteiger partial charge in [-0.25, -0.2) is 0 Å². The summed E-state index contributed by atoms with van der Waals surface area (Å²) in [5.41, 5.74) is 1.20. The molecular weight excluding hydrogens is 326 g/mol. The second-order valence-corrected chi connectivity index (χ2v) is 6.19. The first-order valence-corrected chi connectivity index (χ1v) is 8.78. The molecule has 4 rings (SSSR count). The molecule has 26 heavy (non-hydrogen) atoms. The molecule has 0 aliphatic carbocycles. The number of para-hydroxylation sites is 3. The molecule has 0 bridgehead atoms. The average molecular weight is 347 g/mol. The summed E-state index contributed by atoms with van der Waals surface area (Å²) in [5, 5.41) is 3.43. The summed E-state index contributed by atoms with van der Waals surface area (Å²) in [7, 11) is 0. The zero-order valence-corrected chi connectivity index (χ0v) is 14.4. The molecular formula is C22H21NO3. The van der Waals surface area contributed by atoms with E-state index in [4.69, 9.17) is 14.2 Å². The van der Waals surface area contributed by atoms with E-state index in [-0.39, 0.29) is 6.10 Å². The highest BCUT2D eigenvalue weighted by Gasteiger charge is 2.19. The van der Waals surface area contributed by atoms with Crippen LogP contribution in [-0.4, -0.2) is 19.3 Å². The Morgan fingerprint density at radius 3 is 2.31 bits per heavy atom. The van der Waals surface area contributed by atoms with Gasteiger partial charge >= 0.3 is 0 Å². The van der Waals surface area contributed by atoms with Gasteiger partial charge in [0.1, 0.15) is 24.2 Å². The van der Waals surface area contributed by atoms with Gasteiger partial charge in [-0.15, -0.1) is 0 Å². The molecule has 0 amide bonds. The number of hydrogen-bond donors (Lipinski definition) is 1. The van der Waals surface area contributed by atoms with E-state index in [1.165, 1.54) is 5.56 Å². The fraction of sp³-hybridized carbons (Fsp3) is 0.182. The average Bonchev–Trinajstić information content (AvgIpc) is 2.70. The van der Waals surface area contributed by atoms with Crippen LogP contribution in [0.1, 0.15) is 5.56 Å². The van der Waals surface area contributed by atoms with Gasteiger partial charge in [0.05, 0.1) is 0 Å². The minimum atomic E-state index is 0.0191. The molecule has 3 aromatic carbocycles. The Morgan fingerprint density at radius 1 is 0.808 bits per heavy atom. The second kappa shape index (κ2) is 7.93. The Labute approximate surface area is 153 Å². The summed E-state index contributed by atoms with van der Waals surface area (Å²) < 4.78 is 17.5. The Hall–Kier alpha value is -2.98. The van der Waals surface area contributed by atoms with E-state index < -0.39 is 0 Å². The van der Waals surface area contributed by atoms with Crippen molar-refractivity contribution in [2.75, 3.05) is 13.2 Å². The SMILES string of the molecule is c1ccc(Oc2ccc(CNCC3COc4ccccc4O3)cc2)cc1. The fourth-order valence-corrected chi connectivity index (χ4v) is 2.84. The van der Waals surface area contributed by atoms with E-state index in [0.29, 0.717) is 6.61 Å². The van der Waals surface area contributed by atoms with Crippen molar-refractivity contribution < 1.29 is 14.2 Å². The zero-order valence-electron chi connectivity index (χ0n) is 14.4. The molecule has 1 heterocycles. The number of fused-ring (bicyclic) bond motifs is 1. The highest BCUT2D eigenvalue weighted by molar-refractivity contribution is 5.40. The van der Waals surface area contributed by atoms with E-state index in [2.05, 4.69) is 17.4 Å². The molecule has 1 N–H and O–H groups in total. The fourth-order valence-electron chi connectivity index (χ4n) is 2.84. The van der Waals surface area contributed by atoms with E-state index in [9.17, 15) is 0 Å². The summed E-state index contributed by atoms with van der Waals surface area (Å²) in [4.78, 5) is 0. The van der Waals surface area contributed by atoms with Gasteiger partial charge in [0, 0.05) is 13.1 Å². The Kier molecular flexibility index (Phi) is 5.03. The molecule has 0 saturated carbocycles. The van der Waals surface area contributed by atoms with Crippen LogP contribution in [0.3, 0.4) is 0 Å². The normalized spacial score (nSPS) is 15.5. The molecule has 4 heteroatoms. The third-order valence-electron chi connectivity index (χ3n) is 4.17. The molecule has 0 aromatic heterocycles. The van der Waals surface area contributed by atoms with Crippen molar-refractivity contribution in [3.8, 4) is 23.0 Å². The number of benzene rings is 3. The van der Waals surface area contributed by atoms with Crippen LogP contribution in [0.5, 0.6) is 23.0 Å². The maximum absolute atomic E-state index is 5.95. The Bertz CT molecular complexity index is 834. The van der Waals surface area contributed by atoms with Crippen LogP contribution < -0.4 is 19.5 Å². The number of rotatable bonds is 6. The summed E-state index contributed by atoms with van der Waals surface area (Å²) in [5.74, 6) is 3.30. The summed E-state index contributed by atoms with van der Waals surface area (Å²) >= 11 is 0. The Morgan fingerprint density at radius 2 is 1.50 bits per heavy atom. The van der Waals surface area contributed by atoms with Crippen LogP contribution in [0.15, 0.2) is 78.9 Å². The third-order valence-corrected chi connectivity index (χ3v) is 4.17. The lowest BCUT2D eigenvalue weighted by Gasteiger charge is -2.26. The minimum absolute atomic E-state index is 0.0191. The van der Waals surface area contributed by atoms with Crippen molar-refractivity contribution in [3.63, 3.8) is 0 Å². The second-order valence-electron chi connectivity index (χ2n) is 6.19. The van der Waals surface area contributed by atoms with Gasteiger partial charge in [-0.05, 0) is 42.0 Å². The maximum atomic E-state index is 5.95. The standard InChI is InChI=1S/C22H21NO3/c1-2-6-18(7-3-1)25-19-12-10-17(11-13-19)14-23-15-20-16-24-21-8-4-5-9-22(21)26-20/h1-13,20,23H,14-16H2. The molecule has 4 nitrogen and oxygen atoms in total. The van der Waals surface area contributed by atoms with Gasteiger partial charge in [0.15, 0.2) is 11.5 Å². The third kappa shape index (κ3) is 4.16. The lowest BCUT2D eigenvalue weighted by atomic mass is 10.2. The van der Waals surface area contributed by atoms with E-state index in [1.807, 2.05) is 66.7 Å².